The lowest BCUT2D eigenvalue weighted by atomic mass is 9.82. The highest BCUT2D eigenvalue weighted by atomic mass is 35.5. The number of carbonyl (C=O) groups excluding carboxylic acids is 1. The van der Waals surface area contributed by atoms with Crippen LogP contribution in [0, 0.1) is 11.8 Å². The minimum absolute atomic E-state index is 0.104. The van der Waals surface area contributed by atoms with Crippen LogP contribution in [0.5, 0.6) is 0 Å². The number of hydrogen-bond donors (Lipinski definition) is 1. The minimum Gasteiger partial charge on any atom is -0.337 e. The standard InChI is InChI=1S/C17H17Cl2N5O3S/c18-12-2-1-9(5-13(12)19)28(26,27)24-15-3-4-16(24)11-8-23(7-10(11)15)17(25)14-6-20-22-21-14/h1-2,5-6,10-11,15-16H,3-4,7-8H2,(H,20,21,22)/t10-,11+,15+,16-. The Bertz CT molecular complexity index is 1030. The molecule has 3 aliphatic rings. The van der Waals surface area contributed by atoms with Crippen molar-refractivity contribution >= 4 is 39.1 Å². The molecule has 0 unspecified atom stereocenters. The first kappa shape index (κ1) is 18.4. The number of nitrogens with one attached hydrogen (secondary N) is 1. The van der Waals surface area contributed by atoms with Gasteiger partial charge in [-0.25, -0.2) is 8.42 Å². The van der Waals surface area contributed by atoms with Crippen LogP contribution in [0.25, 0.3) is 0 Å². The van der Waals surface area contributed by atoms with Crippen molar-refractivity contribution in [1.82, 2.24) is 24.6 Å². The third-order valence-corrected chi connectivity index (χ3v) is 8.90. The molecule has 1 aromatic heterocycles. The highest BCUT2D eigenvalue weighted by Crippen LogP contribution is 2.51. The summed E-state index contributed by atoms with van der Waals surface area (Å²) in [6.45, 7) is 1.08. The maximum absolute atomic E-state index is 13.3. The Labute approximate surface area is 171 Å². The zero-order valence-corrected chi connectivity index (χ0v) is 17.0. The van der Waals surface area contributed by atoms with Gasteiger partial charge in [0.1, 0.15) is 5.69 Å². The van der Waals surface area contributed by atoms with Gasteiger partial charge >= 0.3 is 0 Å². The van der Waals surface area contributed by atoms with Crippen molar-refractivity contribution in [1.29, 1.82) is 0 Å². The van der Waals surface area contributed by atoms with E-state index >= 15 is 0 Å². The Kier molecular flexibility index (Phi) is 4.20. The van der Waals surface area contributed by atoms with E-state index < -0.39 is 10.0 Å². The molecule has 1 amide bonds. The predicted octanol–water partition coefficient (Wildman–Crippen LogP) is 2.04. The summed E-state index contributed by atoms with van der Waals surface area (Å²) in [6, 6.07) is 4.21. The average molecular weight is 442 g/mol. The van der Waals surface area contributed by atoms with E-state index in [1.165, 1.54) is 24.4 Å². The van der Waals surface area contributed by atoms with E-state index in [1.807, 2.05) is 0 Å². The summed E-state index contributed by atoms with van der Waals surface area (Å²) in [4.78, 5) is 14.5. The Morgan fingerprint density at radius 3 is 2.36 bits per heavy atom. The zero-order chi connectivity index (χ0) is 19.6. The minimum atomic E-state index is -3.68. The van der Waals surface area contributed by atoms with E-state index in [0.717, 1.165) is 12.8 Å². The summed E-state index contributed by atoms with van der Waals surface area (Å²) in [5.74, 6) is 0.130. The van der Waals surface area contributed by atoms with Crippen LogP contribution < -0.4 is 0 Å². The summed E-state index contributed by atoms with van der Waals surface area (Å²) in [7, 11) is -3.68. The highest BCUT2D eigenvalue weighted by Gasteiger charge is 2.60. The predicted molar refractivity (Wildman–Crippen MR) is 102 cm³/mol. The third-order valence-electron chi connectivity index (χ3n) is 6.21. The number of H-pyrrole nitrogens is 1. The number of amides is 1. The molecule has 2 bridgehead atoms. The van der Waals surface area contributed by atoms with Crippen LogP contribution in [0.15, 0.2) is 29.3 Å². The van der Waals surface area contributed by atoms with Gasteiger partial charge in [-0.05, 0) is 42.9 Å². The maximum atomic E-state index is 13.3. The molecule has 28 heavy (non-hydrogen) atoms. The molecule has 1 N–H and O–H groups in total. The Morgan fingerprint density at radius 1 is 1.11 bits per heavy atom. The van der Waals surface area contributed by atoms with E-state index in [2.05, 4.69) is 15.4 Å². The molecule has 0 spiro atoms. The number of likely N-dealkylation sites (tertiary alicyclic amines) is 1. The Morgan fingerprint density at radius 2 is 1.79 bits per heavy atom. The lowest BCUT2D eigenvalue weighted by molar-refractivity contribution is 0.0767. The topological polar surface area (TPSA) is 99.3 Å². The largest absolute Gasteiger partial charge is 0.337 e. The first-order valence-corrected chi connectivity index (χ1v) is 11.2. The summed E-state index contributed by atoms with van der Waals surface area (Å²) >= 11 is 12.0. The van der Waals surface area contributed by atoms with Crippen molar-refractivity contribution in [3.05, 3.63) is 40.1 Å². The van der Waals surface area contributed by atoms with Gasteiger partial charge in [0.15, 0.2) is 0 Å². The van der Waals surface area contributed by atoms with E-state index in [-0.39, 0.29) is 39.7 Å². The molecule has 1 aromatic carbocycles. The molecule has 4 atom stereocenters. The SMILES string of the molecule is O=C(c1cnn[nH]1)N1C[C@@H]2[C@H](C1)[C@H]1CC[C@@H]2N1S(=O)(=O)c1ccc(Cl)c(Cl)c1. The second kappa shape index (κ2) is 6.41. The molecule has 2 aromatic rings. The van der Waals surface area contributed by atoms with Gasteiger partial charge in [0, 0.05) is 25.2 Å². The smallest absolute Gasteiger partial charge is 0.273 e. The molecule has 0 radical (unpaired) electrons. The van der Waals surface area contributed by atoms with Crippen molar-refractivity contribution in [3.63, 3.8) is 0 Å². The van der Waals surface area contributed by atoms with Crippen LogP contribution in [-0.4, -0.2) is 64.1 Å². The molecule has 4 heterocycles. The lowest BCUT2D eigenvalue weighted by Gasteiger charge is -2.26. The van der Waals surface area contributed by atoms with Crippen molar-refractivity contribution in [3.8, 4) is 0 Å². The van der Waals surface area contributed by atoms with E-state index in [1.54, 1.807) is 9.21 Å². The highest BCUT2D eigenvalue weighted by molar-refractivity contribution is 7.89. The molecule has 148 valence electrons. The second-order valence-electron chi connectivity index (χ2n) is 7.53. The van der Waals surface area contributed by atoms with Crippen LogP contribution in [0.3, 0.4) is 0 Å². The van der Waals surface area contributed by atoms with Gasteiger partial charge in [-0.1, -0.05) is 28.4 Å². The summed E-state index contributed by atoms with van der Waals surface area (Å²) in [5.41, 5.74) is 0.354. The van der Waals surface area contributed by atoms with Crippen LogP contribution in [0.1, 0.15) is 23.3 Å². The maximum Gasteiger partial charge on any atom is 0.273 e. The molecule has 11 heteroatoms. The zero-order valence-electron chi connectivity index (χ0n) is 14.6. The number of carbonyl (C=O) groups is 1. The van der Waals surface area contributed by atoms with Crippen LogP contribution >= 0.6 is 23.2 Å². The summed E-state index contributed by atoms with van der Waals surface area (Å²) < 4.78 is 28.3. The van der Waals surface area contributed by atoms with Gasteiger partial charge in [-0.3, -0.25) is 9.89 Å². The fourth-order valence-electron chi connectivity index (χ4n) is 5.07. The quantitative estimate of drug-likeness (QED) is 0.785. The molecular formula is C17H17Cl2N5O3S. The summed E-state index contributed by atoms with van der Waals surface area (Å²) in [5, 5.41) is 10.4. The third kappa shape index (κ3) is 2.60. The number of hydrogen-bond acceptors (Lipinski definition) is 5. The van der Waals surface area contributed by atoms with Crippen molar-refractivity contribution < 1.29 is 13.2 Å². The molecule has 0 aliphatic carbocycles. The number of fused-ring (bicyclic) bond motifs is 5. The summed E-state index contributed by atoms with van der Waals surface area (Å²) in [6.07, 6.45) is 3.02. The van der Waals surface area contributed by atoms with Gasteiger partial charge in [0.2, 0.25) is 10.0 Å². The van der Waals surface area contributed by atoms with Crippen molar-refractivity contribution in [2.45, 2.75) is 29.8 Å². The first-order chi connectivity index (χ1) is 13.4. The van der Waals surface area contributed by atoms with E-state index in [0.29, 0.717) is 23.8 Å². The van der Waals surface area contributed by atoms with Crippen LogP contribution in [0.4, 0.5) is 0 Å². The van der Waals surface area contributed by atoms with Crippen molar-refractivity contribution in [2.75, 3.05) is 13.1 Å². The van der Waals surface area contributed by atoms with Gasteiger partial charge in [-0.2, -0.15) is 4.31 Å². The van der Waals surface area contributed by atoms with Crippen LogP contribution in [-0.2, 0) is 10.0 Å². The lowest BCUT2D eigenvalue weighted by Crippen LogP contribution is -2.41. The monoisotopic (exact) mass is 441 g/mol. The van der Waals surface area contributed by atoms with E-state index in [9.17, 15) is 13.2 Å². The van der Waals surface area contributed by atoms with Gasteiger partial charge in [0.25, 0.3) is 5.91 Å². The van der Waals surface area contributed by atoms with Gasteiger partial charge in [0.05, 0.1) is 21.1 Å². The second-order valence-corrected chi connectivity index (χ2v) is 10.2. The number of benzene rings is 1. The van der Waals surface area contributed by atoms with Gasteiger partial charge < -0.3 is 4.90 Å². The normalized spacial score (nSPS) is 29.4. The molecule has 8 nitrogen and oxygen atoms in total. The molecule has 3 aliphatic heterocycles. The number of halogens is 2. The number of rotatable bonds is 3. The number of nitrogens with zero attached hydrogens (tertiary/aromatic N) is 4. The van der Waals surface area contributed by atoms with E-state index in [4.69, 9.17) is 23.2 Å². The van der Waals surface area contributed by atoms with Gasteiger partial charge in [-0.15, -0.1) is 5.10 Å². The first-order valence-electron chi connectivity index (χ1n) is 9.02. The fourth-order valence-corrected chi connectivity index (χ4v) is 7.42. The molecule has 3 fully saturated rings. The van der Waals surface area contributed by atoms with Crippen LogP contribution in [0.2, 0.25) is 10.0 Å². The molecule has 0 saturated carbocycles. The van der Waals surface area contributed by atoms with Crippen molar-refractivity contribution in [2.24, 2.45) is 11.8 Å². The molecule has 5 rings (SSSR count). The molecular weight excluding hydrogens is 425 g/mol. The number of aromatic amines is 1. The number of aromatic nitrogens is 3. The Balaban J connectivity index is 1.41. The fraction of sp³-hybridized carbons (Fsp3) is 0.471. The average Bonchev–Trinajstić information content (AvgIpc) is 3.43. The molecule has 3 saturated heterocycles. The Hall–Kier alpha value is -1.68. The number of sulfonamides is 1.